The Morgan fingerprint density at radius 2 is 1.83 bits per heavy atom. The van der Waals surface area contributed by atoms with Gasteiger partial charge in [-0.2, -0.15) is 0 Å². The Kier molecular flexibility index (Phi) is 7.81. The third kappa shape index (κ3) is 5.73. The molecule has 1 rings (SSSR count). The minimum Gasteiger partial charge on any atom is -0.350 e. The van der Waals surface area contributed by atoms with Crippen molar-refractivity contribution in [2.45, 2.75) is 37.1 Å². The minimum atomic E-state index is -3.68. The summed E-state index contributed by atoms with van der Waals surface area (Å²) in [6.45, 7) is 3.98. The van der Waals surface area contributed by atoms with Gasteiger partial charge in [0.25, 0.3) is 11.6 Å². The normalized spacial score (nSPS) is 11.5. The van der Waals surface area contributed by atoms with Crippen LogP contribution in [-0.2, 0) is 9.84 Å². The number of carbonyl (C=O) groups is 1. The molecule has 0 aliphatic carbocycles. The molecule has 0 heterocycles. The molecule has 0 aromatic heterocycles. The molecule has 1 amide bonds. The van der Waals surface area contributed by atoms with Crippen molar-refractivity contribution >= 4 is 33.8 Å². The number of sulfone groups is 1. The summed E-state index contributed by atoms with van der Waals surface area (Å²) < 4.78 is 23.2. The van der Waals surface area contributed by atoms with Crippen LogP contribution in [0.1, 0.15) is 37.0 Å². The highest BCUT2D eigenvalue weighted by Gasteiger charge is 2.23. The quantitative estimate of drug-likeness (QED) is 0.546. The topological polar surface area (TPSA) is 132 Å². The predicted octanol–water partition coefficient (Wildman–Crippen LogP) is 1.67. The van der Waals surface area contributed by atoms with Crippen molar-refractivity contribution in [2.75, 3.05) is 12.8 Å². The van der Waals surface area contributed by atoms with Gasteiger partial charge >= 0.3 is 0 Å². The number of hydrogen-bond donors (Lipinski definition) is 2. The lowest BCUT2D eigenvalue weighted by Crippen LogP contribution is -2.49. The van der Waals surface area contributed by atoms with E-state index in [-0.39, 0.29) is 29.4 Å². The van der Waals surface area contributed by atoms with E-state index in [9.17, 15) is 23.3 Å². The monoisotopic (exact) mass is 379 g/mol. The second-order valence-corrected chi connectivity index (χ2v) is 7.51. The van der Waals surface area contributed by atoms with Crippen LogP contribution in [0.2, 0.25) is 0 Å². The molecule has 0 saturated carbocycles. The Morgan fingerprint density at radius 3 is 2.25 bits per heavy atom. The molecule has 0 spiro atoms. The maximum atomic E-state index is 12.2. The molecule has 1 aromatic carbocycles. The fraction of sp³-hybridized carbons (Fsp3) is 0.500. The van der Waals surface area contributed by atoms with E-state index < -0.39 is 31.9 Å². The lowest BCUT2D eigenvalue weighted by molar-refractivity contribution is -0.385. The van der Waals surface area contributed by atoms with Crippen LogP contribution in [0.3, 0.4) is 0 Å². The summed E-state index contributed by atoms with van der Waals surface area (Å²) in [5.74, 6) is -0.602. The number of nitrogens with two attached hydrogens (primary N) is 1. The van der Waals surface area contributed by atoms with E-state index in [0.29, 0.717) is 12.8 Å². The molecule has 10 heteroatoms. The molecule has 0 bridgehead atoms. The van der Waals surface area contributed by atoms with Crippen LogP contribution in [-0.4, -0.2) is 37.6 Å². The van der Waals surface area contributed by atoms with E-state index in [2.05, 4.69) is 5.32 Å². The Morgan fingerprint density at radius 1 is 1.29 bits per heavy atom. The molecule has 8 nitrogen and oxygen atoms in total. The number of amides is 1. The van der Waals surface area contributed by atoms with E-state index in [4.69, 9.17) is 5.73 Å². The van der Waals surface area contributed by atoms with E-state index in [0.717, 1.165) is 24.5 Å². The number of nitro groups is 1. The third-order valence-corrected chi connectivity index (χ3v) is 4.89. The van der Waals surface area contributed by atoms with Crippen LogP contribution in [0.5, 0.6) is 0 Å². The van der Waals surface area contributed by atoms with E-state index in [1.54, 1.807) is 0 Å². The van der Waals surface area contributed by atoms with Gasteiger partial charge in [-0.05, 0) is 18.9 Å². The Hall–Kier alpha value is -1.71. The van der Waals surface area contributed by atoms with E-state index in [1.165, 1.54) is 0 Å². The fourth-order valence-electron chi connectivity index (χ4n) is 1.89. The molecule has 24 heavy (non-hydrogen) atoms. The average molecular weight is 380 g/mol. The summed E-state index contributed by atoms with van der Waals surface area (Å²) in [6, 6.07) is 3.09. The minimum absolute atomic E-state index is 0. The molecular weight excluding hydrogens is 358 g/mol. The summed E-state index contributed by atoms with van der Waals surface area (Å²) in [5.41, 5.74) is 4.96. The number of benzene rings is 1. The van der Waals surface area contributed by atoms with Gasteiger partial charge in [0.1, 0.15) is 0 Å². The first kappa shape index (κ1) is 22.3. The fourth-order valence-corrected chi connectivity index (χ4v) is 2.57. The standard InChI is InChI=1S/C14H21N3O5S.ClH/c1-4-14(15,5-2)9-16-13(18)10-6-11(17(19)20)8-12(7-10)23(3,21)22;/h6-8H,4-5,9,15H2,1-3H3,(H,16,18);1H. The first-order chi connectivity index (χ1) is 10.5. The number of nitrogens with zero attached hydrogens (tertiary/aromatic N) is 1. The maximum Gasteiger partial charge on any atom is 0.271 e. The van der Waals surface area contributed by atoms with Gasteiger partial charge in [-0.25, -0.2) is 8.42 Å². The predicted molar refractivity (Wildman–Crippen MR) is 93.3 cm³/mol. The highest BCUT2D eigenvalue weighted by Crippen LogP contribution is 2.21. The zero-order chi connectivity index (χ0) is 17.8. The van der Waals surface area contributed by atoms with Crippen LogP contribution in [0.25, 0.3) is 0 Å². The van der Waals surface area contributed by atoms with Crippen LogP contribution in [0, 0.1) is 10.1 Å². The summed E-state index contributed by atoms with van der Waals surface area (Å²) in [4.78, 5) is 22.1. The highest BCUT2D eigenvalue weighted by atomic mass is 35.5. The molecule has 0 aliphatic heterocycles. The largest absolute Gasteiger partial charge is 0.350 e. The Labute approximate surface area is 147 Å². The van der Waals surface area contributed by atoms with Crippen LogP contribution in [0.4, 0.5) is 5.69 Å². The second-order valence-electron chi connectivity index (χ2n) is 5.50. The van der Waals surface area contributed by atoms with Gasteiger partial charge < -0.3 is 11.1 Å². The second kappa shape index (κ2) is 8.41. The summed E-state index contributed by atoms with van der Waals surface area (Å²) in [5, 5.41) is 13.5. The van der Waals surface area contributed by atoms with E-state index in [1.807, 2.05) is 13.8 Å². The van der Waals surface area contributed by atoms with Crippen molar-refractivity contribution in [1.82, 2.24) is 5.32 Å². The summed E-state index contributed by atoms with van der Waals surface area (Å²) in [7, 11) is -3.68. The van der Waals surface area contributed by atoms with Crippen molar-refractivity contribution in [3.63, 3.8) is 0 Å². The van der Waals surface area contributed by atoms with Gasteiger partial charge in [0.05, 0.1) is 9.82 Å². The Balaban J connectivity index is 0.00000529. The number of halogens is 1. The smallest absolute Gasteiger partial charge is 0.271 e. The molecule has 136 valence electrons. The van der Waals surface area contributed by atoms with Crippen molar-refractivity contribution in [3.8, 4) is 0 Å². The van der Waals surface area contributed by atoms with Crippen molar-refractivity contribution < 1.29 is 18.1 Å². The molecule has 0 fully saturated rings. The molecule has 3 N–H and O–H groups in total. The van der Waals surface area contributed by atoms with Crippen molar-refractivity contribution in [2.24, 2.45) is 5.73 Å². The van der Waals surface area contributed by atoms with E-state index >= 15 is 0 Å². The summed E-state index contributed by atoms with van der Waals surface area (Å²) in [6.07, 6.45) is 2.22. The average Bonchev–Trinajstić information content (AvgIpc) is 2.50. The molecule has 1 aromatic rings. The number of rotatable bonds is 7. The van der Waals surface area contributed by atoms with Gasteiger partial charge in [-0.1, -0.05) is 13.8 Å². The van der Waals surface area contributed by atoms with Gasteiger partial charge in [0, 0.05) is 36.0 Å². The number of nitrogens with one attached hydrogen (secondary N) is 1. The van der Waals surface area contributed by atoms with Crippen LogP contribution in [0.15, 0.2) is 23.1 Å². The third-order valence-electron chi connectivity index (χ3n) is 3.80. The molecule has 0 atom stereocenters. The lowest BCUT2D eigenvalue weighted by Gasteiger charge is -2.26. The number of nitro benzene ring substituents is 1. The van der Waals surface area contributed by atoms with Gasteiger partial charge in [0.15, 0.2) is 9.84 Å². The number of non-ortho nitro benzene ring substituents is 1. The summed E-state index contributed by atoms with van der Waals surface area (Å²) >= 11 is 0. The molecule has 0 radical (unpaired) electrons. The lowest BCUT2D eigenvalue weighted by atomic mass is 9.94. The van der Waals surface area contributed by atoms with Gasteiger partial charge in [-0.3, -0.25) is 14.9 Å². The van der Waals surface area contributed by atoms with Gasteiger partial charge in [-0.15, -0.1) is 12.4 Å². The zero-order valence-corrected chi connectivity index (χ0v) is 15.4. The highest BCUT2D eigenvalue weighted by molar-refractivity contribution is 7.90. The molecule has 0 saturated heterocycles. The maximum absolute atomic E-state index is 12.2. The first-order valence-electron chi connectivity index (χ1n) is 7.09. The SMILES string of the molecule is CCC(N)(CC)CNC(=O)c1cc([N+](=O)[O-])cc(S(C)(=O)=O)c1.Cl. The molecule has 0 unspecified atom stereocenters. The first-order valence-corrected chi connectivity index (χ1v) is 8.98. The van der Waals surface area contributed by atoms with Crippen molar-refractivity contribution in [3.05, 3.63) is 33.9 Å². The van der Waals surface area contributed by atoms with Crippen LogP contribution >= 0.6 is 12.4 Å². The zero-order valence-electron chi connectivity index (χ0n) is 13.7. The molecule has 0 aliphatic rings. The number of hydrogen-bond acceptors (Lipinski definition) is 6. The van der Waals surface area contributed by atoms with Gasteiger partial charge in [0.2, 0.25) is 0 Å². The Bertz CT molecular complexity index is 717. The van der Waals surface area contributed by atoms with Crippen LogP contribution < -0.4 is 11.1 Å². The molecular formula is C14H22ClN3O5S. The van der Waals surface area contributed by atoms with Crippen molar-refractivity contribution in [1.29, 1.82) is 0 Å². The number of carbonyl (C=O) groups excluding carboxylic acids is 1.